The van der Waals surface area contributed by atoms with Gasteiger partial charge in [0.15, 0.2) is 0 Å². The fourth-order valence-electron chi connectivity index (χ4n) is 1.65. The van der Waals surface area contributed by atoms with Gasteiger partial charge < -0.3 is 9.47 Å². The number of hydrogen-bond acceptors (Lipinski definition) is 2. The van der Waals surface area contributed by atoms with E-state index in [-0.39, 0.29) is 5.38 Å². The van der Waals surface area contributed by atoms with Crippen LogP contribution in [0.2, 0.25) is 0 Å². The van der Waals surface area contributed by atoms with Crippen molar-refractivity contribution in [2.75, 3.05) is 14.2 Å². The van der Waals surface area contributed by atoms with Gasteiger partial charge in [0, 0.05) is 5.56 Å². The highest BCUT2D eigenvalue weighted by Crippen LogP contribution is 2.43. The molecular formula is C13H18BrClO2. The van der Waals surface area contributed by atoms with Crippen LogP contribution in [0.25, 0.3) is 0 Å². The molecule has 0 fully saturated rings. The number of benzene rings is 1. The molecule has 2 nitrogen and oxygen atoms in total. The summed E-state index contributed by atoms with van der Waals surface area (Å²) in [5, 5.41) is -0.0582. The maximum Gasteiger partial charge on any atom is 0.141 e. The highest BCUT2D eigenvalue weighted by molar-refractivity contribution is 9.10. The average molecular weight is 322 g/mol. The molecule has 1 aromatic carbocycles. The monoisotopic (exact) mass is 320 g/mol. The maximum absolute atomic E-state index is 6.47. The van der Waals surface area contributed by atoms with Gasteiger partial charge in [0.25, 0.3) is 0 Å². The molecule has 17 heavy (non-hydrogen) atoms. The zero-order valence-corrected chi connectivity index (χ0v) is 12.9. The molecule has 1 aromatic rings. The van der Waals surface area contributed by atoms with Crippen molar-refractivity contribution in [2.45, 2.75) is 25.6 Å². The van der Waals surface area contributed by atoms with Gasteiger partial charge in [-0.05, 0) is 27.9 Å². The van der Waals surface area contributed by atoms with Crippen LogP contribution < -0.4 is 9.47 Å². The predicted molar refractivity (Wildman–Crippen MR) is 75.3 cm³/mol. The Morgan fingerprint density at radius 2 is 1.94 bits per heavy atom. The van der Waals surface area contributed by atoms with Crippen molar-refractivity contribution in [1.82, 2.24) is 0 Å². The van der Waals surface area contributed by atoms with Gasteiger partial charge in [-0.15, -0.1) is 11.6 Å². The SMILES string of the molecule is CCC(C)C(Cl)c1ccc(OC)c(Br)c1OC. The Bertz CT molecular complexity index is 382. The quantitative estimate of drug-likeness (QED) is 0.726. The van der Waals surface area contributed by atoms with Crippen LogP contribution in [0.3, 0.4) is 0 Å². The summed E-state index contributed by atoms with van der Waals surface area (Å²) >= 11 is 9.95. The van der Waals surface area contributed by atoms with E-state index in [1.54, 1.807) is 14.2 Å². The number of halogens is 2. The molecule has 1 rings (SSSR count). The summed E-state index contributed by atoms with van der Waals surface area (Å²) in [6.07, 6.45) is 1.03. The Morgan fingerprint density at radius 1 is 1.29 bits per heavy atom. The van der Waals surface area contributed by atoms with E-state index in [2.05, 4.69) is 29.8 Å². The molecule has 4 heteroatoms. The zero-order valence-electron chi connectivity index (χ0n) is 10.6. The van der Waals surface area contributed by atoms with E-state index in [1.807, 2.05) is 12.1 Å². The first-order valence-corrected chi connectivity index (χ1v) is 6.84. The molecule has 0 heterocycles. The molecular weight excluding hydrogens is 303 g/mol. The standard InChI is InChI=1S/C13H18BrClO2/c1-5-8(2)12(15)9-6-7-10(16-3)11(14)13(9)17-4/h6-8,12H,5H2,1-4H3. The molecule has 0 saturated heterocycles. The number of hydrogen-bond donors (Lipinski definition) is 0. The third-order valence-electron chi connectivity index (χ3n) is 2.96. The lowest BCUT2D eigenvalue weighted by Crippen LogP contribution is -2.05. The summed E-state index contributed by atoms with van der Waals surface area (Å²) in [7, 11) is 3.27. The summed E-state index contributed by atoms with van der Waals surface area (Å²) in [4.78, 5) is 0. The number of ether oxygens (including phenoxy) is 2. The van der Waals surface area contributed by atoms with Gasteiger partial charge in [-0.2, -0.15) is 0 Å². The lowest BCUT2D eigenvalue weighted by Gasteiger charge is -2.21. The van der Waals surface area contributed by atoms with Gasteiger partial charge in [0.2, 0.25) is 0 Å². The third kappa shape index (κ3) is 3.08. The van der Waals surface area contributed by atoms with Gasteiger partial charge >= 0.3 is 0 Å². The fraction of sp³-hybridized carbons (Fsp3) is 0.538. The Labute approximate surface area is 116 Å². The van der Waals surface area contributed by atoms with E-state index in [1.165, 1.54) is 0 Å². The average Bonchev–Trinajstić information content (AvgIpc) is 2.36. The van der Waals surface area contributed by atoms with Crippen LogP contribution in [0.4, 0.5) is 0 Å². The van der Waals surface area contributed by atoms with Gasteiger partial charge in [0.1, 0.15) is 16.0 Å². The summed E-state index contributed by atoms with van der Waals surface area (Å²) in [5.74, 6) is 1.90. The van der Waals surface area contributed by atoms with Crippen molar-refractivity contribution in [3.63, 3.8) is 0 Å². The van der Waals surface area contributed by atoms with Crippen molar-refractivity contribution in [3.8, 4) is 11.5 Å². The number of alkyl halides is 1. The summed E-state index contributed by atoms with van der Waals surface area (Å²) in [6, 6.07) is 3.87. The summed E-state index contributed by atoms with van der Waals surface area (Å²) in [5.41, 5.74) is 0.996. The van der Waals surface area contributed by atoms with E-state index in [9.17, 15) is 0 Å². The molecule has 96 valence electrons. The van der Waals surface area contributed by atoms with E-state index >= 15 is 0 Å². The third-order valence-corrected chi connectivity index (χ3v) is 4.37. The largest absolute Gasteiger partial charge is 0.495 e. The van der Waals surface area contributed by atoms with Crippen molar-refractivity contribution >= 4 is 27.5 Å². The van der Waals surface area contributed by atoms with Gasteiger partial charge in [0.05, 0.1) is 19.6 Å². The van der Waals surface area contributed by atoms with E-state index in [0.29, 0.717) is 5.92 Å². The fourth-order valence-corrected chi connectivity index (χ4v) is 2.68. The minimum Gasteiger partial charge on any atom is -0.495 e. The predicted octanol–water partition coefficient (Wildman–Crippen LogP) is 4.79. The molecule has 0 spiro atoms. The van der Waals surface area contributed by atoms with Crippen LogP contribution in [0.15, 0.2) is 16.6 Å². The minimum absolute atomic E-state index is 0.0582. The first-order valence-electron chi connectivity index (χ1n) is 5.61. The Hall–Kier alpha value is -0.410. The topological polar surface area (TPSA) is 18.5 Å². The van der Waals surface area contributed by atoms with Crippen LogP contribution in [0.5, 0.6) is 11.5 Å². The molecule has 2 unspecified atom stereocenters. The second kappa shape index (κ2) is 6.50. The van der Waals surface area contributed by atoms with Crippen molar-refractivity contribution in [1.29, 1.82) is 0 Å². The molecule has 2 atom stereocenters. The Morgan fingerprint density at radius 3 is 2.41 bits per heavy atom. The molecule has 0 radical (unpaired) electrons. The van der Waals surface area contributed by atoms with E-state index in [4.69, 9.17) is 21.1 Å². The highest BCUT2D eigenvalue weighted by Gasteiger charge is 2.22. The molecule has 0 aromatic heterocycles. The molecule has 0 N–H and O–H groups in total. The lowest BCUT2D eigenvalue weighted by atomic mass is 9.97. The van der Waals surface area contributed by atoms with Crippen molar-refractivity contribution in [3.05, 3.63) is 22.2 Å². The van der Waals surface area contributed by atoms with Crippen LogP contribution in [0, 0.1) is 5.92 Å². The van der Waals surface area contributed by atoms with E-state index < -0.39 is 0 Å². The summed E-state index contributed by atoms with van der Waals surface area (Å²) < 4.78 is 11.5. The Balaban J connectivity index is 3.20. The second-order valence-electron chi connectivity index (χ2n) is 3.99. The molecule has 0 aliphatic rings. The van der Waals surface area contributed by atoms with Crippen LogP contribution >= 0.6 is 27.5 Å². The molecule has 0 amide bonds. The number of methoxy groups -OCH3 is 2. The summed E-state index contributed by atoms with van der Waals surface area (Å²) in [6.45, 7) is 4.26. The molecule has 0 aliphatic heterocycles. The molecule has 0 bridgehead atoms. The van der Waals surface area contributed by atoms with Crippen LogP contribution in [0.1, 0.15) is 31.2 Å². The number of rotatable bonds is 5. The molecule has 0 aliphatic carbocycles. The second-order valence-corrected chi connectivity index (χ2v) is 5.25. The highest BCUT2D eigenvalue weighted by atomic mass is 79.9. The smallest absolute Gasteiger partial charge is 0.141 e. The van der Waals surface area contributed by atoms with Gasteiger partial charge in [-0.1, -0.05) is 26.3 Å². The first kappa shape index (κ1) is 14.7. The van der Waals surface area contributed by atoms with Crippen LogP contribution in [-0.2, 0) is 0 Å². The lowest BCUT2D eigenvalue weighted by molar-refractivity contribution is 0.382. The normalized spacial score (nSPS) is 14.2. The minimum atomic E-state index is -0.0582. The van der Waals surface area contributed by atoms with Gasteiger partial charge in [-0.25, -0.2) is 0 Å². The van der Waals surface area contributed by atoms with Crippen molar-refractivity contribution < 1.29 is 9.47 Å². The molecule has 0 saturated carbocycles. The van der Waals surface area contributed by atoms with E-state index in [0.717, 1.165) is 28.0 Å². The Kier molecular flexibility index (Phi) is 5.60. The van der Waals surface area contributed by atoms with Gasteiger partial charge in [-0.3, -0.25) is 0 Å². The van der Waals surface area contributed by atoms with Crippen molar-refractivity contribution in [2.24, 2.45) is 5.92 Å². The zero-order chi connectivity index (χ0) is 13.0. The first-order chi connectivity index (χ1) is 8.06. The van der Waals surface area contributed by atoms with Crippen LogP contribution in [-0.4, -0.2) is 14.2 Å². The maximum atomic E-state index is 6.47.